The molecule has 2 aromatic heterocycles. The van der Waals surface area contributed by atoms with Crippen molar-refractivity contribution >= 4 is 5.91 Å². The summed E-state index contributed by atoms with van der Waals surface area (Å²) in [6.07, 6.45) is 6.36. The van der Waals surface area contributed by atoms with Crippen LogP contribution in [0.2, 0.25) is 0 Å². The molecule has 0 saturated carbocycles. The Morgan fingerprint density at radius 2 is 1.68 bits per heavy atom. The number of aromatic amines is 1. The average Bonchev–Trinajstić information content (AvgIpc) is 3.23. The predicted molar refractivity (Wildman–Crippen MR) is 122 cm³/mol. The fourth-order valence-electron chi connectivity index (χ4n) is 3.57. The largest absolute Gasteiger partial charge is 0.348 e. The van der Waals surface area contributed by atoms with E-state index < -0.39 is 0 Å². The van der Waals surface area contributed by atoms with Gasteiger partial charge in [0.25, 0.3) is 0 Å². The van der Waals surface area contributed by atoms with E-state index in [1.807, 2.05) is 48.4 Å². The molecule has 5 nitrogen and oxygen atoms in total. The van der Waals surface area contributed by atoms with Crippen LogP contribution in [0, 0.1) is 6.92 Å². The van der Waals surface area contributed by atoms with Gasteiger partial charge in [0.1, 0.15) is 0 Å². The monoisotopic (exact) mass is 410 g/mol. The molecule has 2 aromatic carbocycles. The van der Waals surface area contributed by atoms with Gasteiger partial charge < -0.3 is 9.88 Å². The van der Waals surface area contributed by atoms with E-state index in [-0.39, 0.29) is 5.91 Å². The maximum Gasteiger partial charge on any atom is 0.223 e. The first-order valence-corrected chi connectivity index (χ1v) is 10.5. The Balaban J connectivity index is 1.48. The van der Waals surface area contributed by atoms with Crippen molar-refractivity contribution in [3.05, 3.63) is 108 Å². The molecule has 4 rings (SSSR count). The van der Waals surface area contributed by atoms with Gasteiger partial charge in [-0.2, -0.15) is 0 Å². The highest BCUT2D eigenvalue weighted by Gasteiger charge is 2.17. The third-order valence-electron chi connectivity index (χ3n) is 5.41. The average molecular weight is 411 g/mol. The summed E-state index contributed by atoms with van der Waals surface area (Å²) in [4.78, 5) is 26.6. The SMILES string of the molecule is Cc1[nH]cnc1CN(Cc1ccc(-c2ccccc2)cc1)C(=O)CCc1cccnc1. The first-order chi connectivity index (χ1) is 15.2. The van der Waals surface area contributed by atoms with Crippen LogP contribution in [-0.2, 0) is 24.3 Å². The number of aromatic nitrogens is 3. The lowest BCUT2D eigenvalue weighted by molar-refractivity contribution is -0.132. The van der Waals surface area contributed by atoms with Crippen molar-refractivity contribution in [3.63, 3.8) is 0 Å². The van der Waals surface area contributed by atoms with Crippen LogP contribution in [0.4, 0.5) is 0 Å². The van der Waals surface area contributed by atoms with Crippen molar-refractivity contribution in [2.24, 2.45) is 0 Å². The van der Waals surface area contributed by atoms with Crippen molar-refractivity contribution < 1.29 is 4.79 Å². The van der Waals surface area contributed by atoms with Gasteiger partial charge in [-0.15, -0.1) is 0 Å². The van der Waals surface area contributed by atoms with Crippen LogP contribution >= 0.6 is 0 Å². The van der Waals surface area contributed by atoms with Crippen LogP contribution in [0.1, 0.15) is 28.9 Å². The molecule has 0 bridgehead atoms. The topological polar surface area (TPSA) is 61.9 Å². The van der Waals surface area contributed by atoms with Crippen molar-refractivity contribution in [2.75, 3.05) is 0 Å². The van der Waals surface area contributed by atoms with E-state index in [2.05, 4.69) is 51.4 Å². The summed E-state index contributed by atoms with van der Waals surface area (Å²) in [6.45, 7) is 3.02. The van der Waals surface area contributed by atoms with Crippen molar-refractivity contribution in [1.29, 1.82) is 0 Å². The van der Waals surface area contributed by atoms with Crippen LogP contribution in [0.3, 0.4) is 0 Å². The lowest BCUT2D eigenvalue weighted by Crippen LogP contribution is -2.30. The number of carbonyl (C=O) groups is 1. The molecule has 0 spiro atoms. The lowest BCUT2D eigenvalue weighted by atomic mass is 10.0. The van der Waals surface area contributed by atoms with Gasteiger partial charge in [-0.05, 0) is 41.7 Å². The number of benzene rings is 2. The number of aryl methyl sites for hydroxylation is 2. The molecule has 2 heterocycles. The molecule has 1 amide bonds. The zero-order valence-corrected chi connectivity index (χ0v) is 17.7. The zero-order valence-electron chi connectivity index (χ0n) is 17.7. The summed E-state index contributed by atoms with van der Waals surface area (Å²) in [7, 11) is 0. The van der Waals surface area contributed by atoms with Crippen LogP contribution in [-0.4, -0.2) is 25.8 Å². The fraction of sp³-hybridized carbons (Fsp3) is 0.192. The van der Waals surface area contributed by atoms with Crippen molar-refractivity contribution in [3.8, 4) is 11.1 Å². The van der Waals surface area contributed by atoms with E-state index in [0.717, 1.165) is 22.5 Å². The highest BCUT2D eigenvalue weighted by molar-refractivity contribution is 5.76. The Labute approximate surface area is 182 Å². The van der Waals surface area contributed by atoms with Gasteiger partial charge >= 0.3 is 0 Å². The molecule has 31 heavy (non-hydrogen) atoms. The molecule has 156 valence electrons. The summed E-state index contributed by atoms with van der Waals surface area (Å²) in [6, 6.07) is 22.6. The third-order valence-corrected chi connectivity index (χ3v) is 5.41. The van der Waals surface area contributed by atoms with E-state index in [1.54, 1.807) is 12.5 Å². The Morgan fingerprint density at radius 1 is 0.903 bits per heavy atom. The zero-order chi connectivity index (χ0) is 21.5. The number of carbonyl (C=O) groups excluding carboxylic acids is 1. The Hall–Kier alpha value is -3.73. The number of amides is 1. The van der Waals surface area contributed by atoms with E-state index >= 15 is 0 Å². The van der Waals surface area contributed by atoms with E-state index in [1.165, 1.54) is 11.1 Å². The van der Waals surface area contributed by atoms with Gasteiger partial charge in [-0.1, -0.05) is 60.7 Å². The Morgan fingerprint density at radius 3 is 2.35 bits per heavy atom. The number of nitrogens with one attached hydrogen (secondary N) is 1. The predicted octanol–water partition coefficient (Wildman–Crippen LogP) is 4.94. The van der Waals surface area contributed by atoms with Crippen LogP contribution < -0.4 is 0 Å². The molecule has 0 aliphatic carbocycles. The second-order valence-corrected chi connectivity index (χ2v) is 7.65. The third kappa shape index (κ3) is 5.45. The molecule has 0 aliphatic heterocycles. The number of imidazole rings is 1. The first kappa shape index (κ1) is 20.5. The van der Waals surface area contributed by atoms with Gasteiger partial charge in [-0.25, -0.2) is 4.98 Å². The number of rotatable bonds is 8. The summed E-state index contributed by atoms with van der Waals surface area (Å²) in [5, 5.41) is 0. The summed E-state index contributed by atoms with van der Waals surface area (Å²) >= 11 is 0. The van der Waals surface area contributed by atoms with Crippen LogP contribution in [0.25, 0.3) is 11.1 Å². The Kier molecular flexibility index (Phi) is 6.53. The van der Waals surface area contributed by atoms with Gasteiger partial charge in [0.05, 0.1) is 18.6 Å². The summed E-state index contributed by atoms with van der Waals surface area (Å²) in [5.74, 6) is 0.110. The van der Waals surface area contributed by atoms with Crippen molar-refractivity contribution in [1.82, 2.24) is 19.9 Å². The molecule has 4 aromatic rings. The molecule has 1 N–H and O–H groups in total. The molecule has 0 aliphatic rings. The van der Waals surface area contributed by atoms with Crippen molar-refractivity contribution in [2.45, 2.75) is 32.9 Å². The van der Waals surface area contributed by atoms with E-state index in [9.17, 15) is 4.79 Å². The smallest absolute Gasteiger partial charge is 0.223 e. The van der Waals surface area contributed by atoms with E-state index in [4.69, 9.17) is 0 Å². The second-order valence-electron chi connectivity index (χ2n) is 7.65. The molecule has 0 saturated heterocycles. The second kappa shape index (κ2) is 9.85. The number of pyridine rings is 1. The molecular formula is C26H26N4O. The van der Waals surface area contributed by atoms with Gasteiger partial charge in [0, 0.05) is 31.1 Å². The molecule has 0 unspecified atom stereocenters. The Bertz CT molecular complexity index is 1110. The molecule has 0 fully saturated rings. The van der Waals surface area contributed by atoms with Gasteiger partial charge in [0.15, 0.2) is 0 Å². The summed E-state index contributed by atoms with van der Waals surface area (Å²) < 4.78 is 0. The molecule has 0 atom stereocenters. The number of nitrogens with zero attached hydrogens (tertiary/aromatic N) is 3. The maximum atomic E-state index is 13.1. The minimum atomic E-state index is 0.110. The molecule has 5 heteroatoms. The highest BCUT2D eigenvalue weighted by atomic mass is 16.2. The maximum absolute atomic E-state index is 13.1. The minimum absolute atomic E-state index is 0.110. The molecular weight excluding hydrogens is 384 g/mol. The van der Waals surface area contributed by atoms with E-state index in [0.29, 0.717) is 25.9 Å². The normalized spacial score (nSPS) is 10.7. The quantitative estimate of drug-likeness (QED) is 0.447. The standard InChI is InChI=1S/C26H26N4O/c1-20-25(29-19-28-20)18-30(26(31)14-11-21-6-5-15-27-16-21)17-22-9-12-24(13-10-22)23-7-3-2-4-8-23/h2-10,12-13,15-16,19H,11,14,17-18H2,1H3,(H,28,29). The number of hydrogen-bond acceptors (Lipinski definition) is 3. The summed E-state index contributed by atoms with van der Waals surface area (Å²) in [5.41, 5.74) is 6.41. The lowest BCUT2D eigenvalue weighted by Gasteiger charge is -2.23. The minimum Gasteiger partial charge on any atom is -0.348 e. The number of hydrogen-bond donors (Lipinski definition) is 1. The van der Waals surface area contributed by atoms with Gasteiger partial charge in [0.2, 0.25) is 5.91 Å². The highest BCUT2D eigenvalue weighted by Crippen LogP contribution is 2.21. The van der Waals surface area contributed by atoms with Gasteiger partial charge in [-0.3, -0.25) is 9.78 Å². The van der Waals surface area contributed by atoms with Crippen LogP contribution in [0.15, 0.2) is 85.5 Å². The molecule has 0 radical (unpaired) electrons. The van der Waals surface area contributed by atoms with Crippen LogP contribution in [0.5, 0.6) is 0 Å². The first-order valence-electron chi connectivity index (χ1n) is 10.5. The fourth-order valence-corrected chi connectivity index (χ4v) is 3.57. The number of H-pyrrole nitrogens is 1.